The zero-order chi connectivity index (χ0) is 14.1. The van der Waals surface area contributed by atoms with Crippen LogP contribution in [0.25, 0.3) is 0 Å². The van der Waals surface area contributed by atoms with E-state index in [4.69, 9.17) is 4.74 Å². The molecule has 1 aliphatic heterocycles. The van der Waals surface area contributed by atoms with Crippen molar-refractivity contribution in [2.45, 2.75) is 58.5 Å². The summed E-state index contributed by atoms with van der Waals surface area (Å²) in [6.07, 6.45) is 4.95. The van der Waals surface area contributed by atoms with Crippen molar-refractivity contribution in [1.29, 1.82) is 5.26 Å². The van der Waals surface area contributed by atoms with Crippen LogP contribution in [0.4, 0.5) is 4.79 Å². The van der Waals surface area contributed by atoms with Crippen LogP contribution in [-0.4, -0.2) is 29.7 Å². The van der Waals surface area contributed by atoms with Gasteiger partial charge in [-0.05, 0) is 52.4 Å². The predicted octanol–water partition coefficient (Wildman–Crippen LogP) is 3.33. The van der Waals surface area contributed by atoms with Crippen LogP contribution in [-0.2, 0) is 4.74 Å². The zero-order valence-corrected chi connectivity index (χ0v) is 12.2. The fourth-order valence-electron chi connectivity index (χ4n) is 3.09. The van der Waals surface area contributed by atoms with Crippen molar-refractivity contribution >= 4 is 6.09 Å². The fraction of sp³-hybridized carbons (Fsp3) is 0.867. The van der Waals surface area contributed by atoms with Gasteiger partial charge < -0.3 is 9.64 Å². The van der Waals surface area contributed by atoms with Gasteiger partial charge in [-0.25, -0.2) is 4.79 Å². The molecular formula is C15H24N2O2. The number of piperidine rings is 1. The molecule has 1 aliphatic carbocycles. The molecule has 4 heteroatoms. The fourth-order valence-corrected chi connectivity index (χ4v) is 3.09. The topological polar surface area (TPSA) is 53.3 Å². The molecule has 19 heavy (non-hydrogen) atoms. The van der Waals surface area contributed by atoms with Crippen LogP contribution in [0.3, 0.4) is 0 Å². The first-order valence-electron chi connectivity index (χ1n) is 7.25. The lowest BCUT2D eigenvalue weighted by atomic mass is 9.60. The minimum absolute atomic E-state index is 0.166. The Labute approximate surface area is 115 Å². The van der Waals surface area contributed by atoms with Crippen LogP contribution in [0.5, 0.6) is 0 Å². The van der Waals surface area contributed by atoms with Crippen LogP contribution in [0.1, 0.15) is 52.9 Å². The Balaban J connectivity index is 1.98. The maximum atomic E-state index is 12.1. The molecule has 0 aromatic rings. The van der Waals surface area contributed by atoms with Crippen molar-refractivity contribution in [1.82, 2.24) is 4.90 Å². The van der Waals surface area contributed by atoms with Crippen LogP contribution >= 0.6 is 0 Å². The Morgan fingerprint density at radius 2 is 2.05 bits per heavy atom. The van der Waals surface area contributed by atoms with Crippen LogP contribution in [0.2, 0.25) is 0 Å². The highest BCUT2D eigenvalue weighted by Crippen LogP contribution is 2.49. The number of amides is 1. The maximum Gasteiger partial charge on any atom is 0.410 e. The first kappa shape index (κ1) is 14.2. The number of carbonyl (C=O) groups is 1. The van der Waals surface area contributed by atoms with Gasteiger partial charge in [0.15, 0.2) is 0 Å². The Morgan fingerprint density at radius 1 is 1.37 bits per heavy atom. The average molecular weight is 264 g/mol. The van der Waals surface area contributed by atoms with E-state index in [-0.39, 0.29) is 11.5 Å². The second-order valence-corrected chi connectivity index (χ2v) is 6.89. The number of ether oxygens (including phenoxy) is 1. The summed E-state index contributed by atoms with van der Waals surface area (Å²) in [5, 5.41) is 9.42. The minimum atomic E-state index is -0.451. The molecule has 4 nitrogen and oxygen atoms in total. The largest absolute Gasteiger partial charge is 0.444 e. The standard InChI is InChI=1S/C15H24N2O2/c1-14(2,3)19-13(18)17-9-4-6-12(10-17)15(11-16)7-5-8-15/h12H,4-10H2,1-3H3. The van der Waals surface area contributed by atoms with E-state index in [1.54, 1.807) is 4.90 Å². The van der Waals surface area contributed by atoms with Crippen LogP contribution in [0.15, 0.2) is 0 Å². The zero-order valence-electron chi connectivity index (χ0n) is 12.2. The Hall–Kier alpha value is -1.24. The van der Waals surface area contributed by atoms with Crippen molar-refractivity contribution in [3.05, 3.63) is 0 Å². The molecule has 1 saturated heterocycles. The molecule has 1 saturated carbocycles. The van der Waals surface area contributed by atoms with Gasteiger partial charge in [0.05, 0.1) is 11.5 Å². The summed E-state index contributed by atoms with van der Waals surface area (Å²) in [5.74, 6) is 0.326. The summed E-state index contributed by atoms with van der Waals surface area (Å²) < 4.78 is 5.43. The number of likely N-dealkylation sites (tertiary alicyclic amines) is 1. The molecule has 0 N–H and O–H groups in total. The number of hydrogen-bond acceptors (Lipinski definition) is 3. The van der Waals surface area contributed by atoms with E-state index in [2.05, 4.69) is 6.07 Å². The summed E-state index contributed by atoms with van der Waals surface area (Å²) >= 11 is 0. The molecule has 1 atom stereocenters. The molecule has 106 valence electrons. The van der Waals surface area contributed by atoms with Crippen molar-refractivity contribution in [3.63, 3.8) is 0 Å². The minimum Gasteiger partial charge on any atom is -0.444 e. The van der Waals surface area contributed by atoms with E-state index in [0.717, 1.165) is 38.6 Å². The molecule has 0 radical (unpaired) electrons. The van der Waals surface area contributed by atoms with Crippen molar-refractivity contribution < 1.29 is 9.53 Å². The van der Waals surface area contributed by atoms with E-state index in [0.29, 0.717) is 12.5 Å². The lowest BCUT2D eigenvalue weighted by molar-refractivity contribution is -0.000665. The monoisotopic (exact) mass is 264 g/mol. The quantitative estimate of drug-likeness (QED) is 0.730. The first-order chi connectivity index (χ1) is 8.86. The Kier molecular flexibility index (Phi) is 3.75. The molecule has 2 aliphatic rings. The van der Waals surface area contributed by atoms with E-state index in [1.165, 1.54) is 0 Å². The van der Waals surface area contributed by atoms with Gasteiger partial charge in [0.2, 0.25) is 0 Å². The molecule has 0 aromatic heterocycles. The van der Waals surface area contributed by atoms with Gasteiger partial charge in [-0.3, -0.25) is 0 Å². The van der Waals surface area contributed by atoms with Crippen molar-refractivity contribution in [2.75, 3.05) is 13.1 Å². The number of rotatable bonds is 1. The first-order valence-corrected chi connectivity index (χ1v) is 7.25. The highest BCUT2D eigenvalue weighted by molar-refractivity contribution is 5.68. The van der Waals surface area contributed by atoms with Gasteiger partial charge in [-0.2, -0.15) is 5.26 Å². The summed E-state index contributed by atoms with van der Waals surface area (Å²) in [4.78, 5) is 13.9. The van der Waals surface area contributed by atoms with Crippen LogP contribution < -0.4 is 0 Å². The summed E-state index contributed by atoms with van der Waals surface area (Å²) in [6.45, 7) is 7.09. The SMILES string of the molecule is CC(C)(C)OC(=O)N1CCCC(C2(C#N)CCC2)C1. The lowest BCUT2D eigenvalue weighted by Gasteiger charge is -2.46. The van der Waals surface area contributed by atoms with E-state index < -0.39 is 5.60 Å². The van der Waals surface area contributed by atoms with Gasteiger partial charge in [-0.15, -0.1) is 0 Å². The maximum absolute atomic E-state index is 12.1. The lowest BCUT2D eigenvalue weighted by Crippen LogP contribution is -2.49. The van der Waals surface area contributed by atoms with Gasteiger partial charge in [-0.1, -0.05) is 6.42 Å². The van der Waals surface area contributed by atoms with E-state index in [9.17, 15) is 10.1 Å². The summed E-state index contributed by atoms with van der Waals surface area (Å²) in [5.41, 5.74) is -0.617. The highest BCUT2D eigenvalue weighted by atomic mass is 16.6. The van der Waals surface area contributed by atoms with E-state index >= 15 is 0 Å². The molecule has 0 aromatic carbocycles. The molecule has 2 fully saturated rings. The Morgan fingerprint density at radius 3 is 2.53 bits per heavy atom. The van der Waals surface area contributed by atoms with Crippen LogP contribution in [0, 0.1) is 22.7 Å². The molecule has 2 rings (SSSR count). The second kappa shape index (κ2) is 5.03. The third-order valence-corrected chi connectivity index (χ3v) is 4.32. The molecule has 1 heterocycles. The molecular weight excluding hydrogens is 240 g/mol. The van der Waals surface area contributed by atoms with Gasteiger partial charge >= 0.3 is 6.09 Å². The summed E-state index contributed by atoms with van der Waals surface area (Å²) in [7, 11) is 0. The average Bonchev–Trinajstić information content (AvgIpc) is 2.26. The van der Waals surface area contributed by atoms with Gasteiger partial charge in [0, 0.05) is 13.1 Å². The Bertz CT molecular complexity index is 388. The molecule has 0 spiro atoms. The summed E-state index contributed by atoms with van der Waals surface area (Å²) in [6, 6.07) is 2.51. The molecule has 0 bridgehead atoms. The van der Waals surface area contributed by atoms with Crippen molar-refractivity contribution in [2.24, 2.45) is 11.3 Å². The smallest absolute Gasteiger partial charge is 0.410 e. The predicted molar refractivity (Wildman–Crippen MR) is 72.4 cm³/mol. The van der Waals surface area contributed by atoms with Crippen molar-refractivity contribution in [3.8, 4) is 6.07 Å². The highest BCUT2D eigenvalue weighted by Gasteiger charge is 2.46. The number of nitriles is 1. The third kappa shape index (κ3) is 3.02. The van der Waals surface area contributed by atoms with Gasteiger partial charge in [0.1, 0.15) is 5.60 Å². The normalized spacial score (nSPS) is 26.2. The second-order valence-electron chi connectivity index (χ2n) is 6.89. The number of hydrogen-bond donors (Lipinski definition) is 0. The molecule has 1 unspecified atom stereocenters. The third-order valence-electron chi connectivity index (χ3n) is 4.32. The van der Waals surface area contributed by atoms with E-state index in [1.807, 2.05) is 20.8 Å². The molecule has 1 amide bonds. The number of carbonyl (C=O) groups excluding carboxylic acids is 1. The number of nitrogens with zero attached hydrogens (tertiary/aromatic N) is 2. The van der Waals surface area contributed by atoms with Gasteiger partial charge in [0.25, 0.3) is 0 Å².